The van der Waals surface area contributed by atoms with Crippen molar-refractivity contribution in [2.24, 2.45) is 28.1 Å². The van der Waals surface area contributed by atoms with Gasteiger partial charge in [-0.3, -0.25) is 0 Å². The maximum atomic E-state index is 10.1. The number of rotatable bonds is 0. The normalized spacial score (nSPS) is 45.1. The third kappa shape index (κ3) is 0.970. The van der Waals surface area contributed by atoms with Crippen LogP contribution in [0.4, 0.5) is 0 Å². The van der Waals surface area contributed by atoms with Crippen LogP contribution in [0.2, 0.25) is 0 Å². The Labute approximate surface area is 136 Å². The Hall–Kier alpha value is -2.31. The number of hydrogen-bond acceptors (Lipinski definition) is 3. The molecule has 0 N–H and O–H groups in total. The smallest absolute Gasteiger partial charge is 0.144 e. The summed E-state index contributed by atoms with van der Waals surface area (Å²) in [5, 5.41) is 29.4. The fraction of sp³-hybridized carbons (Fsp3) is 0.550. The monoisotopic (exact) mass is 299 g/mol. The van der Waals surface area contributed by atoms with Crippen LogP contribution in [0, 0.1) is 62.1 Å². The molecule has 1 aromatic carbocycles. The van der Waals surface area contributed by atoms with Crippen molar-refractivity contribution in [2.45, 2.75) is 38.0 Å². The Balaban J connectivity index is 1.81. The fourth-order valence-electron chi connectivity index (χ4n) is 7.23. The lowest BCUT2D eigenvalue weighted by Gasteiger charge is -2.36. The second kappa shape index (κ2) is 3.29. The van der Waals surface area contributed by atoms with Crippen LogP contribution in [-0.4, -0.2) is 0 Å². The largest absolute Gasteiger partial charge is 0.197 e. The van der Waals surface area contributed by atoms with Gasteiger partial charge in [-0.1, -0.05) is 38.1 Å². The van der Waals surface area contributed by atoms with Crippen LogP contribution in [0.3, 0.4) is 0 Å². The topological polar surface area (TPSA) is 71.4 Å². The van der Waals surface area contributed by atoms with Crippen molar-refractivity contribution in [1.29, 1.82) is 15.8 Å². The van der Waals surface area contributed by atoms with Gasteiger partial charge in [0.05, 0.1) is 23.6 Å². The highest BCUT2D eigenvalue weighted by Gasteiger charge is 2.94. The van der Waals surface area contributed by atoms with Crippen molar-refractivity contribution >= 4 is 0 Å². The zero-order valence-electron chi connectivity index (χ0n) is 13.3. The Morgan fingerprint density at radius 3 is 2.39 bits per heavy atom. The van der Waals surface area contributed by atoms with E-state index in [2.05, 4.69) is 50.3 Å². The van der Waals surface area contributed by atoms with Crippen molar-refractivity contribution < 1.29 is 0 Å². The highest BCUT2D eigenvalue weighted by atomic mass is 14.9. The predicted molar refractivity (Wildman–Crippen MR) is 82.6 cm³/mol. The van der Waals surface area contributed by atoms with E-state index in [0.717, 1.165) is 0 Å². The van der Waals surface area contributed by atoms with E-state index in [9.17, 15) is 15.8 Å². The summed E-state index contributed by atoms with van der Waals surface area (Å²) < 4.78 is 0. The van der Waals surface area contributed by atoms with E-state index in [1.165, 1.54) is 11.1 Å². The minimum atomic E-state index is -0.907. The molecule has 4 aliphatic carbocycles. The Bertz CT molecular complexity index is 879. The van der Waals surface area contributed by atoms with Crippen LogP contribution in [0.15, 0.2) is 24.3 Å². The van der Waals surface area contributed by atoms with Gasteiger partial charge in [0.25, 0.3) is 0 Å². The first-order valence-electron chi connectivity index (χ1n) is 8.28. The van der Waals surface area contributed by atoms with Gasteiger partial charge in [-0.2, -0.15) is 15.8 Å². The highest BCUT2D eigenvalue weighted by Crippen LogP contribution is 2.95. The summed E-state index contributed by atoms with van der Waals surface area (Å²) in [6.45, 7) is 4.57. The molecule has 3 nitrogen and oxygen atoms in total. The van der Waals surface area contributed by atoms with Gasteiger partial charge in [-0.05, 0) is 47.1 Å². The molecule has 4 aliphatic rings. The van der Waals surface area contributed by atoms with Crippen LogP contribution in [-0.2, 0) is 5.41 Å². The lowest BCUT2D eigenvalue weighted by molar-refractivity contribution is 0.161. The summed E-state index contributed by atoms with van der Waals surface area (Å²) in [7, 11) is 0. The number of fused-ring (bicyclic) bond motifs is 3. The molecule has 0 saturated heterocycles. The van der Waals surface area contributed by atoms with Crippen LogP contribution in [0.25, 0.3) is 0 Å². The predicted octanol–water partition coefficient (Wildman–Crippen LogP) is 3.64. The Morgan fingerprint density at radius 1 is 1.04 bits per heavy atom. The van der Waals surface area contributed by atoms with Crippen LogP contribution < -0.4 is 0 Å². The Kier molecular flexibility index (Phi) is 1.88. The summed E-state index contributed by atoms with van der Waals surface area (Å²) in [5.74, 6) is 0.955. The number of hydrogen-bond donors (Lipinski definition) is 0. The average Bonchev–Trinajstić information content (AvgIpc) is 2.83. The summed E-state index contributed by atoms with van der Waals surface area (Å²) in [6.07, 6.45) is 1.20. The zero-order chi connectivity index (χ0) is 16.3. The molecule has 0 heterocycles. The molecule has 0 bridgehead atoms. The SMILES string of the molecule is CC1(C)C2c3ccccc3C3(C#N)C2C32CC(C#N)(C#N)CC12. The summed E-state index contributed by atoms with van der Waals surface area (Å²) >= 11 is 0. The van der Waals surface area contributed by atoms with E-state index >= 15 is 0 Å². The summed E-state index contributed by atoms with van der Waals surface area (Å²) in [4.78, 5) is 0. The van der Waals surface area contributed by atoms with Crippen LogP contribution >= 0.6 is 0 Å². The van der Waals surface area contributed by atoms with Crippen molar-refractivity contribution in [1.82, 2.24) is 0 Å². The van der Waals surface area contributed by atoms with Gasteiger partial charge in [0.15, 0.2) is 0 Å². The molecule has 3 heteroatoms. The van der Waals surface area contributed by atoms with Gasteiger partial charge in [0, 0.05) is 5.41 Å². The quantitative estimate of drug-likeness (QED) is 0.734. The van der Waals surface area contributed by atoms with Gasteiger partial charge in [0.1, 0.15) is 5.41 Å². The molecule has 5 unspecified atom stereocenters. The molecule has 1 spiro atoms. The molecular weight excluding hydrogens is 282 g/mol. The number of benzene rings is 1. The third-order valence-corrected chi connectivity index (χ3v) is 7.80. The number of nitriles is 3. The lowest BCUT2D eigenvalue weighted by atomic mass is 9.67. The molecule has 23 heavy (non-hydrogen) atoms. The maximum absolute atomic E-state index is 10.1. The van der Waals surface area contributed by atoms with E-state index in [1.807, 2.05) is 6.07 Å². The van der Waals surface area contributed by atoms with E-state index in [-0.39, 0.29) is 16.7 Å². The van der Waals surface area contributed by atoms with Gasteiger partial charge in [-0.15, -0.1) is 0 Å². The maximum Gasteiger partial charge on any atom is 0.144 e. The molecule has 0 aromatic heterocycles. The average molecular weight is 299 g/mol. The zero-order valence-corrected chi connectivity index (χ0v) is 13.3. The highest BCUT2D eigenvalue weighted by molar-refractivity contribution is 5.66. The van der Waals surface area contributed by atoms with Crippen molar-refractivity contribution in [2.75, 3.05) is 0 Å². The molecule has 0 amide bonds. The van der Waals surface area contributed by atoms with Gasteiger partial charge in [-0.25, -0.2) is 0 Å². The summed E-state index contributed by atoms with van der Waals surface area (Å²) in [5.41, 5.74) is 1.03. The molecule has 0 aliphatic heterocycles. The van der Waals surface area contributed by atoms with Crippen LogP contribution in [0.5, 0.6) is 0 Å². The fourth-order valence-corrected chi connectivity index (χ4v) is 7.23. The van der Waals surface area contributed by atoms with Gasteiger partial charge in [0.2, 0.25) is 0 Å². The Morgan fingerprint density at radius 2 is 1.74 bits per heavy atom. The van der Waals surface area contributed by atoms with Crippen molar-refractivity contribution in [3.05, 3.63) is 35.4 Å². The third-order valence-electron chi connectivity index (χ3n) is 7.80. The molecule has 5 atom stereocenters. The molecule has 1 aromatic rings. The summed E-state index contributed by atoms with van der Waals surface area (Å²) in [6, 6.07) is 15.7. The van der Waals surface area contributed by atoms with E-state index in [0.29, 0.717) is 24.7 Å². The van der Waals surface area contributed by atoms with E-state index < -0.39 is 10.8 Å². The number of nitrogens with zero attached hydrogens (tertiary/aromatic N) is 3. The lowest BCUT2D eigenvalue weighted by Crippen LogP contribution is -2.31. The molecule has 3 fully saturated rings. The molecule has 3 saturated carbocycles. The van der Waals surface area contributed by atoms with Gasteiger partial charge < -0.3 is 0 Å². The minimum Gasteiger partial charge on any atom is -0.197 e. The van der Waals surface area contributed by atoms with Gasteiger partial charge >= 0.3 is 0 Å². The van der Waals surface area contributed by atoms with Crippen molar-refractivity contribution in [3.8, 4) is 18.2 Å². The second-order valence-corrected chi connectivity index (χ2v) is 8.56. The molecular formula is C20H17N3. The second-order valence-electron chi connectivity index (χ2n) is 8.56. The minimum absolute atomic E-state index is 0.0348. The van der Waals surface area contributed by atoms with Crippen molar-refractivity contribution in [3.63, 3.8) is 0 Å². The standard InChI is InChI=1S/C20H17N3/c1-17(2)14-7-18(9-21,10-22)8-19(14)16-15(17)12-5-3-4-6-13(12)20(16,19)11-23/h3-6,14-16H,7-8H2,1-2H3. The first-order valence-corrected chi connectivity index (χ1v) is 8.28. The molecule has 0 radical (unpaired) electrons. The first-order chi connectivity index (χ1) is 10.9. The first kappa shape index (κ1) is 13.2. The van der Waals surface area contributed by atoms with E-state index in [1.54, 1.807) is 0 Å². The van der Waals surface area contributed by atoms with E-state index in [4.69, 9.17) is 0 Å². The molecule has 112 valence electrons. The van der Waals surface area contributed by atoms with Crippen LogP contribution in [0.1, 0.15) is 43.7 Å². The molecule has 5 rings (SSSR count).